The molecule has 0 radical (unpaired) electrons. The molecule has 25 heavy (non-hydrogen) atoms. The van der Waals surface area contributed by atoms with Crippen molar-refractivity contribution < 1.29 is 13.2 Å². The van der Waals surface area contributed by atoms with Gasteiger partial charge in [0.05, 0.1) is 0 Å². The molecule has 2 aromatic rings. The molecule has 2 aromatic carbocycles. The summed E-state index contributed by atoms with van der Waals surface area (Å²) in [5.74, 6) is -0.199. The Morgan fingerprint density at radius 3 is 2.40 bits per heavy atom. The van der Waals surface area contributed by atoms with Crippen molar-refractivity contribution in [3.8, 4) is 0 Å². The third-order valence-corrected chi connectivity index (χ3v) is 4.61. The maximum Gasteiger partial charge on any atom is 0.233 e. The second kappa shape index (κ2) is 9.15. The number of sulfonamides is 1. The predicted octanol–water partition coefficient (Wildman–Crippen LogP) is 2.59. The van der Waals surface area contributed by atoms with E-state index < -0.39 is 10.0 Å². The Kier molecular flexibility index (Phi) is 6.91. The summed E-state index contributed by atoms with van der Waals surface area (Å²) in [5, 5.41) is 3.87. The Morgan fingerprint density at radius 1 is 1.04 bits per heavy atom. The highest BCUT2D eigenvalue weighted by atomic mass is 32.2. The van der Waals surface area contributed by atoms with E-state index >= 15 is 0 Å². The first-order valence-corrected chi connectivity index (χ1v) is 9.54. The summed E-state index contributed by atoms with van der Waals surface area (Å²) in [4.78, 5) is 11.8. The van der Waals surface area contributed by atoms with E-state index in [9.17, 15) is 13.2 Å². The van der Waals surface area contributed by atoms with E-state index in [1.54, 1.807) is 0 Å². The molecule has 0 bridgehead atoms. The van der Waals surface area contributed by atoms with Crippen LogP contribution in [-0.4, -0.2) is 20.9 Å². The van der Waals surface area contributed by atoms with E-state index in [2.05, 4.69) is 10.0 Å². The van der Waals surface area contributed by atoms with Crippen LogP contribution in [0.5, 0.6) is 0 Å². The van der Waals surface area contributed by atoms with E-state index in [1.807, 2.05) is 61.5 Å². The molecule has 2 rings (SSSR count). The van der Waals surface area contributed by atoms with Crippen molar-refractivity contribution in [2.24, 2.45) is 0 Å². The normalized spacial score (nSPS) is 11.6. The SMILES string of the molecule is Cc1ccc(CNC(=O)CCNS(=O)(=O)/C=C/c2ccccc2)cc1. The molecular weight excluding hydrogens is 336 g/mol. The van der Waals surface area contributed by atoms with Crippen molar-refractivity contribution in [2.75, 3.05) is 6.54 Å². The lowest BCUT2D eigenvalue weighted by molar-refractivity contribution is -0.121. The molecular formula is C19H22N2O3S. The molecule has 0 atom stereocenters. The minimum atomic E-state index is -3.56. The van der Waals surface area contributed by atoms with Crippen molar-refractivity contribution in [3.05, 3.63) is 76.7 Å². The van der Waals surface area contributed by atoms with Gasteiger partial charge in [-0.25, -0.2) is 13.1 Å². The van der Waals surface area contributed by atoms with E-state index in [0.29, 0.717) is 6.54 Å². The number of amides is 1. The Hall–Kier alpha value is -2.44. The van der Waals surface area contributed by atoms with E-state index in [-0.39, 0.29) is 18.9 Å². The Labute approximate surface area is 148 Å². The number of aryl methyl sites for hydroxylation is 1. The van der Waals surface area contributed by atoms with Gasteiger partial charge in [0.2, 0.25) is 15.9 Å². The fourth-order valence-corrected chi connectivity index (χ4v) is 2.90. The average molecular weight is 358 g/mol. The molecule has 0 aliphatic rings. The standard InChI is InChI=1S/C19H22N2O3S/c1-16-7-9-18(10-8-16)15-20-19(22)11-13-21-25(23,24)14-12-17-5-3-2-4-6-17/h2-10,12,14,21H,11,13,15H2,1H3,(H,20,22)/b14-12+. The smallest absolute Gasteiger partial charge is 0.233 e. The zero-order chi connectivity index (χ0) is 18.1. The molecule has 0 heterocycles. The number of hydrogen-bond donors (Lipinski definition) is 2. The molecule has 0 unspecified atom stereocenters. The van der Waals surface area contributed by atoms with Gasteiger partial charge in [-0.2, -0.15) is 0 Å². The van der Waals surface area contributed by atoms with Crippen LogP contribution in [0.4, 0.5) is 0 Å². The fourth-order valence-electron chi connectivity index (χ4n) is 2.08. The molecule has 0 aliphatic carbocycles. The zero-order valence-electron chi connectivity index (χ0n) is 14.1. The van der Waals surface area contributed by atoms with Gasteiger partial charge in [0.15, 0.2) is 0 Å². The lowest BCUT2D eigenvalue weighted by Crippen LogP contribution is -2.29. The van der Waals surface area contributed by atoms with Gasteiger partial charge in [0, 0.05) is 24.9 Å². The van der Waals surface area contributed by atoms with Gasteiger partial charge in [0.1, 0.15) is 0 Å². The summed E-state index contributed by atoms with van der Waals surface area (Å²) in [6.45, 7) is 2.49. The van der Waals surface area contributed by atoms with Crippen LogP contribution < -0.4 is 10.0 Å². The van der Waals surface area contributed by atoms with Crippen LogP contribution >= 0.6 is 0 Å². The molecule has 132 valence electrons. The summed E-state index contributed by atoms with van der Waals surface area (Å²) >= 11 is 0. The van der Waals surface area contributed by atoms with Crippen LogP contribution in [0.25, 0.3) is 6.08 Å². The van der Waals surface area contributed by atoms with E-state index in [1.165, 1.54) is 6.08 Å². The molecule has 5 nitrogen and oxygen atoms in total. The monoisotopic (exact) mass is 358 g/mol. The third kappa shape index (κ3) is 7.32. The first-order valence-electron chi connectivity index (χ1n) is 8.00. The highest BCUT2D eigenvalue weighted by Gasteiger charge is 2.07. The minimum absolute atomic E-state index is 0.0567. The van der Waals surface area contributed by atoms with E-state index in [0.717, 1.165) is 22.1 Å². The van der Waals surface area contributed by atoms with Crippen LogP contribution in [0.1, 0.15) is 23.1 Å². The summed E-state index contributed by atoms with van der Waals surface area (Å²) in [6, 6.07) is 17.0. The summed E-state index contributed by atoms with van der Waals surface area (Å²) in [6.07, 6.45) is 1.60. The molecule has 0 spiro atoms. The third-order valence-electron chi connectivity index (χ3n) is 3.50. The zero-order valence-corrected chi connectivity index (χ0v) is 14.9. The maximum absolute atomic E-state index is 11.9. The summed E-state index contributed by atoms with van der Waals surface area (Å²) < 4.78 is 26.1. The fraction of sp³-hybridized carbons (Fsp3) is 0.211. The molecule has 2 N–H and O–H groups in total. The molecule has 0 aromatic heterocycles. The molecule has 6 heteroatoms. The lowest BCUT2D eigenvalue weighted by atomic mass is 10.1. The van der Waals surface area contributed by atoms with Gasteiger partial charge in [-0.3, -0.25) is 4.79 Å². The largest absolute Gasteiger partial charge is 0.352 e. The predicted molar refractivity (Wildman–Crippen MR) is 100 cm³/mol. The van der Waals surface area contributed by atoms with Gasteiger partial charge in [0.25, 0.3) is 0 Å². The van der Waals surface area contributed by atoms with Crippen LogP contribution in [0.15, 0.2) is 60.0 Å². The average Bonchev–Trinajstić information content (AvgIpc) is 2.60. The van der Waals surface area contributed by atoms with Crippen molar-refractivity contribution in [2.45, 2.75) is 19.9 Å². The summed E-state index contributed by atoms with van der Waals surface area (Å²) in [5.41, 5.74) is 2.96. The Morgan fingerprint density at radius 2 is 1.72 bits per heavy atom. The number of rotatable bonds is 8. The van der Waals surface area contributed by atoms with Gasteiger partial charge in [-0.15, -0.1) is 0 Å². The van der Waals surface area contributed by atoms with Crippen LogP contribution in [0, 0.1) is 6.92 Å². The number of hydrogen-bond acceptors (Lipinski definition) is 3. The van der Waals surface area contributed by atoms with Crippen LogP contribution in [-0.2, 0) is 21.4 Å². The molecule has 0 fully saturated rings. The maximum atomic E-state index is 11.9. The number of carbonyl (C=O) groups is 1. The van der Waals surface area contributed by atoms with Crippen molar-refractivity contribution in [1.29, 1.82) is 0 Å². The minimum Gasteiger partial charge on any atom is -0.352 e. The van der Waals surface area contributed by atoms with Crippen molar-refractivity contribution in [1.82, 2.24) is 10.0 Å². The first-order chi connectivity index (χ1) is 11.9. The number of benzene rings is 2. The Bertz CT molecular complexity index is 814. The number of carbonyl (C=O) groups excluding carboxylic acids is 1. The topological polar surface area (TPSA) is 75.3 Å². The van der Waals surface area contributed by atoms with Gasteiger partial charge >= 0.3 is 0 Å². The van der Waals surface area contributed by atoms with E-state index in [4.69, 9.17) is 0 Å². The van der Waals surface area contributed by atoms with Gasteiger partial charge in [-0.1, -0.05) is 60.2 Å². The summed E-state index contributed by atoms with van der Waals surface area (Å²) in [7, 11) is -3.56. The van der Waals surface area contributed by atoms with Gasteiger partial charge < -0.3 is 5.32 Å². The molecule has 0 saturated carbocycles. The second-order valence-corrected chi connectivity index (χ2v) is 7.32. The molecule has 1 amide bonds. The first kappa shape index (κ1) is 18.9. The van der Waals surface area contributed by atoms with Gasteiger partial charge in [-0.05, 0) is 24.1 Å². The van der Waals surface area contributed by atoms with Crippen molar-refractivity contribution >= 4 is 22.0 Å². The quantitative estimate of drug-likeness (QED) is 0.762. The second-order valence-electron chi connectivity index (χ2n) is 5.67. The molecule has 0 aliphatic heterocycles. The Balaban J connectivity index is 1.72. The van der Waals surface area contributed by atoms with Crippen LogP contribution in [0.2, 0.25) is 0 Å². The number of nitrogens with one attached hydrogen (secondary N) is 2. The van der Waals surface area contributed by atoms with Crippen molar-refractivity contribution in [3.63, 3.8) is 0 Å². The highest BCUT2D eigenvalue weighted by molar-refractivity contribution is 7.92. The lowest BCUT2D eigenvalue weighted by Gasteiger charge is -2.06. The van der Waals surface area contributed by atoms with Crippen LogP contribution in [0.3, 0.4) is 0 Å². The molecule has 0 saturated heterocycles. The highest BCUT2D eigenvalue weighted by Crippen LogP contribution is 2.03.